The molecule has 0 radical (unpaired) electrons. The van der Waals surface area contributed by atoms with Gasteiger partial charge in [0.15, 0.2) is 0 Å². The third-order valence-electron chi connectivity index (χ3n) is 4.71. The van der Waals surface area contributed by atoms with Crippen LogP contribution in [0.2, 0.25) is 0 Å². The van der Waals surface area contributed by atoms with Gasteiger partial charge in [-0.15, -0.1) is 0 Å². The van der Waals surface area contributed by atoms with E-state index in [9.17, 15) is 23.1 Å². The maximum atomic E-state index is 13.4. The number of nitrogen functional groups attached to an aromatic ring is 1. The maximum Gasteiger partial charge on any atom is 0.355 e. The van der Waals surface area contributed by atoms with Crippen LogP contribution in [0.5, 0.6) is 5.75 Å². The molecule has 0 aromatic heterocycles. The van der Waals surface area contributed by atoms with Gasteiger partial charge >= 0.3 is 16.1 Å². The number of rotatable bonds is 9. The molecule has 1 amide bonds. The number of nitrogens with two attached hydrogens (primary N) is 1. The van der Waals surface area contributed by atoms with Crippen molar-refractivity contribution in [1.82, 2.24) is 0 Å². The summed E-state index contributed by atoms with van der Waals surface area (Å²) < 4.78 is 33.6. The first kappa shape index (κ1) is 25.4. The summed E-state index contributed by atoms with van der Waals surface area (Å²) in [6, 6.07) is 17.6. The Morgan fingerprint density at radius 2 is 1.66 bits per heavy atom. The van der Waals surface area contributed by atoms with E-state index in [1.807, 2.05) is 0 Å². The molecule has 0 spiro atoms. The quantitative estimate of drug-likeness (QED) is 0.198. The number of amidine groups is 1. The molecule has 3 aromatic rings. The topological polar surface area (TPSA) is 169 Å². The Morgan fingerprint density at radius 1 is 1.00 bits per heavy atom. The van der Waals surface area contributed by atoms with Gasteiger partial charge in [0, 0.05) is 11.3 Å². The fourth-order valence-corrected chi connectivity index (χ4v) is 3.62. The minimum atomic E-state index is -4.21. The normalized spacial score (nSPS) is 10.9. The maximum absolute atomic E-state index is 13.4. The number of ether oxygens (including phenoxy) is 1. The highest BCUT2D eigenvalue weighted by Gasteiger charge is 2.29. The molecule has 0 atom stereocenters. The molecule has 0 unspecified atom stereocenters. The van der Waals surface area contributed by atoms with Crippen LogP contribution in [0, 0.1) is 5.41 Å². The number of carbonyl (C=O) groups is 2. The highest BCUT2D eigenvalue weighted by Crippen LogP contribution is 2.34. The number of aliphatic hydroxyl groups is 1. The first-order chi connectivity index (χ1) is 16.6. The number of hydrogen-bond donors (Lipinski definition) is 4. The van der Waals surface area contributed by atoms with Crippen LogP contribution >= 0.6 is 0 Å². The summed E-state index contributed by atoms with van der Waals surface area (Å²) in [5.74, 6) is -2.26. The van der Waals surface area contributed by atoms with E-state index >= 15 is 0 Å². The molecular formula is C24H23N3O7S. The fraction of sp³-hybridized carbons (Fsp3) is 0.125. The van der Waals surface area contributed by atoms with Crippen LogP contribution in [0.15, 0.2) is 66.7 Å². The van der Waals surface area contributed by atoms with Gasteiger partial charge in [0.2, 0.25) is 0 Å². The molecule has 0 saturated heterocycles. The van der Waals surface area contributed by atoms with Crippen LogP contribution in [-0.2, 0) is 14.3 Å². The molecule has 0 fully saturated rings. The van der Waals surface area contributed by atoms with E-state index in [0.29, 0.717) is 16.8 Å². The molecule has 10 nitrogen and oxygen atoms in total. The lowest BCUT2D eigenvalue weighted by atomic mass is 9.94. The summed E-state index contributed by atoms with van der Waals surface area (Å²) in [7, 11) is -4.21. The van der Waals surface area contributed by atoms with Crippen molar-refractivity contribution in [2.24, 2.45) is 5.73 Å². The van der Waals surface area contributed by atoms with Crippen molar-refractivity contribution < 1.29 is 32.0 Å². The van der Waals surface area contributed by atoms with E-state index in [-0.39, 0.29) is 41.5 Å². The van der Waals surface area contributed by atoms with Crippen molar-refractivity contribution in [3.8, 4) is 16.9 Å². The Balaban J connectivity index is 2.18. The molecular weight excluding hydrogens is 474 g/mol. The van der Waals surface area contributed by atoms with Crippen LogP contribution in [0.4, 0.5) is 5.69 Å². The van der Waals surface area contributed by atoms with Crippen molar-refractivity contribution in [3.63, 3.8) is 0 Å². The van der Waals surface area contributed by atoms with Crippen LogP contribution in [0.25, 0.3) is 11.1 Å². The van der Waals surface area contributed by atoms with Crippen molar-refractivity contribution in [3.05, 3.63) is 83.4 Å². The zero-order valence-corrected chi connectivity index (χ0v) is 19.5. The number of hydrogen-bond acceptors (Lipinski definition) is 8. The molecule has 3 rings (SSSR count). The zero-order chi connectivity index (χ0) is 25.6. The number of aliphatic hydroxyl groups excluding tert-OH is 1. The Hall–Kier alpha value is -4.22. The van der Waals surface area contributed by atoms with Gasteiger partial charge in [0.25, 0.3) is 5.91 Å². The SMILES string of the molecule is CS(=O)(=O)OC(=O)c1c(-c2ccccc2)ccc(OCCO)c1C(=O)Nc1ccc(C(=N)N)cc1. The predicted octanol–water partition coefficient (Wildman–Crippen LogP) is 2.38. The standard InChI is InChI=1S/C24H23N3O7S/c1-35(31,32)34-24(30)20-18(15-5-3-2-4-6-15)11-12-19(33-14-13-28)21(20)23(29)27-17-9-7-16(8-10-17)22(25)26/h2-12,28H,13-14H2,1H3,(H3,25,26)(H,27,29). The summed E-state index contributed by atoms with van der Waals surface area (Å²) in [6.07, 6.45) is 0.718. The van der Waals surface area contributed by atoms with Gasteiger partial charge in [0.05, 0.1) is 24.0 Å². The van der Waals surface area contributed by atoms with Crippen molar-refractivity contribution in [2.75, 3.05) is 24.8 Å². The summed E-state index contributed by atoms with van der Waals surface area (Å²) in [6.45, 7) is -0.546. The zero-order valence-electron chi connectivity index (χ0n) is 18.6. The van der Waals surface area contributed by atoms with Gasteiger partial charge in [-0.1, -0.05) is 30.3 Å². The lowest BCUT2D eigenvalue weighted by Crippen LogP contribution is -2.22. The molecule has 0 heterocycles. The first-order valence-electron chi connectivity index (χ1n) is 10.3. The van der Waals surface area contributed by atoms with Crippen molar-refractivity contribution in [1.29, 1.82) is 5.41 Å². The Bertz CT molecular complexity index is 1360. The fourth-order valence-electron chi connectivity index (χ4n) is 3.26. The molecule has 35 heavy (non-hydrogen) atoms. The number of carbonyl (C=O) groups excluding carboxylic acids is 2. The van der Waals surface area contributed by atoms with Crippen molar-refractivity contribution in [2.45, 2.75) is 0 Å². The third kappa shape index (κ3) is 6.43. The average molecular weight is 498 g/mol. The van der Waals surface area contributed by atoms with Gasteiger partial charge in [-0.25, -0.2) is 4.79 Å². The van der Waals surface area contributed by atoms with Crippen molar-refractivity contribution >= 4 is 33.5 Å². The minimum Gasteiger partial charge on any atom is -0.490 e. The molecule has 0 bridgehead atoms. The smallest absolute Gasteiger partial charge is 0.355 e. The monoisotopic (exact) mass is 497 g/mol. The van der Waals surface area contributed by atoms with Gasteiger partial charge < -0.3 is 25.1 Å². The first-order valence-corrected chi connectivity index (χ1v) is 12.1. The lowest BCUT2D eigenvalue weighted by Gasteiger charge is -2.18. The van der Waals surface area contributed by atoms with Crippen LogP contribution in [0.1, 0.15) is 26.3 Å². The van der Waals surface area contributed by atoms with Crippen LogP contribution in [0.3, 0.4) is 0 Å². The average Bonchev–Trinajstić information content (AvgIpc) is 2.81. The largest absolute Gasteiger partial charge is 0.490 e. The number of nitrogens with one attached hydrogen (secondary N) is 2. The molecule has 0 aliphatic rings. The van der Waals surface area contributed by atoms with E-state index in [1.165, 1.54) is 36.4 Å². The van der Waals surface area contributed by atoms with Gasteiger partial charge in [0.1, 0.15) is 18.2 Å². The Morgan fingerprint density at radius 3 is 2.23 bits per heavy atom. The summed E-state index contributed by atoms with van der Waals surface area (Å²) in [4.78, 5) is 26.5. The summed E-state index contributed by atoms with van der Waals surface area (Å²) in [5.41, 5.74) is 6.39. The predicted molar refractivity (Wildman–Crippen MR) is 130 cm³/mol. The van der Waals surface area contributed by atoms with E-state index in [1.54, 1.807) is 30.3 Å². The summed E-state index contributed by atoms with van der Waals surface area (Å²) >= 11 is 0. The number of anilines is 1. The molecule has 11 heteroatoms. The second-order valence-electron chi connectivity index (χ2n) is 7.32. The highest BCUT2D eigenvalue weighted by atomic mass is 32.2. The molecule has 0 aliphatic carbocycles. The van der Waals surface area contributed by atoms with E-state index in [2.05, 4.69) is 9.50 Å². The molecule has 5 N–H and O–H groups in total. The second kappa shape index (κ2) is 10.8. The third-order valence-corrected chi connectivity index (χ3v) is 5.17. The Kier molecular flexibility index (Phi) is 7.84. The Labute approximate surface area is 201 Å². The molecule has 182 valence electrons. The van der Waals surface area contributed by atoms with Gasteiger partial charge in [-0.05, 0) is 47.5 Å². The molecule has 0 saturated carbocycles. The number of benzene rings is 3. The van der Waals surface area contributed by atoms with Crippen LogP contribution in [-0.4, -0.2) is 50.7 Å². The molecule has 3 aromatic carbocycles. The second-order valence-corrected chi connectivity index (χ2v) is 8.89. The summed E-state index contributed by atoms with van der Waals surface area (Å²) in [5, 5.41) is 19.3. The van der Waals surface area contributed by atoms with E-state index < -0.39 is 22.0 Å². The van der Waals surface area contributed by atoms with Gasteiger partial charge in [-0.3, -0.25) is 10.2 Å². The minimum absolute atomic E-state index is 0.0583. The molecule has 0 aliphatic heterocycles. The lowest BCUT2D eigenvalue weighted by molar-refractivity contribution is 0.0743. The van der Waals surface area contributed by atoms with Crippen LogP contribution < -0.4 is 15.8 Å². The highest BCUT2D eigenvalue weighted by molar-refractivity contribution is 7.86. The van der Waals surface area contributed by atoms with Gasteiger partial charge in [-0.2, -0.15) is 8.42 Å². The number of amides is 1. The van der Waals surface area contributed by atoms with E-state index in [0.717, 1.165) is 6.26 Å². The van der Waals surface area contributed by atoms with E-state index in [4.69, 9.17) is 15.9 Å².